The highest BCUT2D eigenvalue weighted by Gasteiger charge is 2.33. The molecule has 5 heteroatoms. The van der Waals surface area contributed by atoms with E-state index in [-0.39, 0.29) is 36.6 Å². The average molecular weight is 729 g/mol. The third-order valence-electron chi connectivity index (χ3n) is 10.5. The summed E-state index contributed by atoms with van der Waals surface area (Å²) in [6, 6.07) is 0. The monoisotopic (exact) mass is 729 g/mol. The molecule has 1 aliphatic carbocycles. The Bertz CT molecular complexity index is 892. The molecule has 0 spiro atoms. The smallest absolute Gasteiger partial charge is 0.306 e. The van der Waals surface area contributed by atoms with Crippen LogP contribution in [0.5, 0.6) is 0 Å². The van der Waals surface area contributed by atoms with Crippen molar-refractivity contribution in [3.8, 4) is 0 Å². The van der Waals surface area contributed by atoms with Crippen LogP contribution in [0.25, 0.3) is 0 Å². The molecule has 0 radical (unpaired) electrons. The maximum atomic E-state index is 12.6. The molecular formula is C47H84O5. The molecule has 0 aromatic heterocycles. The fraction of sp³-hybridized carbons (Fsp3) is 0.809. The van der Waals surface area contributed by atoms with Crippen molar-refractivity contribution in [2.24, 2.45) is 11.8 Å². The minimum Gasteiger partial charge on any atom is -0.463 e. The number of allylic oxidation sites excluding steroid dienone is 8. The van der Waals surface area contributed by atoms with E-state index >= 15 is 0 Å². The molecule has 4 atom stereocenters. The van der Waals surface area contributed by atoms with Crippen molar-refractivity contribution in [1.29, 1.82) is 0 Å². The summed E-state index contributed by atoms with van der Waals surface area (Å²) in [5.41, 5.74) is 0. The molecule has 1 aliphatic rings. The van der Waals surface area contributed by atoms with E-state index in [1.807, 2.05) is 6.92 Å². The summed E-state index contributed by atoms with van der Waals surface area (Å²) in [6.45, 7) is 8.66. The molecule has 1 N–H and O–H groups in total. The van der Waals surface area contributed by atoms with E-state index in [9.17, 15) is 9.90 Å². The lowest BCUT2D eigenvalue weighted by Crippen LogP contribution is -2.29. The van der Waals surface area contributed by atoms with Gasteiger partial charge in [-0.3, -0.25) is 4.79 Å². The van der Waals surface area contributed by atoms with Gasteiger partial charge in [-0.1, -0.05) is 146 Å². The Hall–Kier alpha value is -1.69. The number of unbranched alkanes of at least 4 members (excludes halogenated alkanes) is 18. The van der Waals surface area contributed by atoms with Gasteiger partial charge in [-0.2, -0.15) is 0 Å². The number of aliphatic hydroxyl groups excluding tert-OH is 1. The molecule has 0 heterocycles. The Morgan fingerprint density at radius 3 is 1.54 bits per heavy atom. The van der Waals surface area contributed by atoms with Gasteiger partial charge in [0, 0.05) is 19.6 Å². The molecule has 302 valence electrons. The maximum absolute atomic E-state index is 12.6. The van der Waals surface area contributed by atoms with Gasteiger partial charge in [0.05, 0.1) is 12.7 Å². The first-order valence-corrected chi connectivity index (χ1v) is 22.2. The minimum atomic E-state index is -0.295. The second-order valence-corrected chi connectivity index (χ2v) is 15.4. The van der Waals surface area contributed by atoms with Crippen LogP contribution in [-0.4, -0.2) is 49.7 Å². The van der Waals surface area contributed by atoms with Crippen LogP contribution in [0.2, 0.25) is 0 Å². The molecule has 0 amide bonds. The molecule has 0 bridgehead atoms. The van der Waals surface area contributed by atoms with E-state index < -0.39 is 0 Å². The van der Waals surface area contributed by atoms with Crippen LogP contribution in [-0.2, 0) is 19.0 Å². The second-order valence-electron chi connectivity index (χ2n) is 15.4. The van der Waals surface area contributed by atoms with Gasteiger partial charge in [0.1, 0.15) is 12.7 Å². The van der Waals surface area contributed by atoms with Crippen molar-refractivity contribution in [3.63, 3.8) is 0 Å². The predicted molar refractivity (Wildman–Crippen MR) is 223 cm³/mol. The van der Waals surface area contributed by atoms with E-state index in [2.05, 4.69) is 62.5 Å². The third kappa shape index (κ3) is 30.7. The van der Waals surface area contributed by atoms with Gasteiger partial charge < -0.3 is 19.3 Å². The van der Waals surface area contributed by atoms with Crippen LogP contribution in [0.3, 0.4) is 0 Å². The summed E-state index contributed by atoms with van der Waals surface area (Å²) in [5, 5.41) is 10.1. The first-order valence-electron chi connectivity index (χ1n) is 22.2. The van der Waals surface area contributed by atoms with Crippen LogP contribution < -0.4 is 0 Å². The van der Waals surface area contributed by atoms with Gasteiger partial charge in [0.25, 0.3) is 0 Å². The quantitative estimate of drug-likeness (QED) is 0.0392. The van der Waals surface area contributed by atoms with Crippen molar-refractivity contribution in [3.05, 3.63) is 48.6 Å². The number of carbonyl (C=O) groups is 1. The highest BCUT2D eigenvalue weighted by atomic mass is 16.6. The van der Waals surface area contributed by atoms with Crippen LogP contribution in [0.1, 0.15) is 194 Å². The lowest BCUT2D eigenvalue weighted by Gasteiger charge is -2.20. The lowest BCUT2D eigenvalue weighted by atomic mass is 9.94. The number of hydrogen-bond donors (Lipinski definition) is 1. The summed E-state index contributed by atoms with van der Waals surface area (Å²) >= 11 is 0. The van der Waals surface area contributed by atoms with Crippen molar-refractivity contribution in [2.75, 3.05) is 26.4 Å². The fourth-order valence-corrected chi connectivity index (χ4v) is 6.86. The Morgan fingerprint density at radius 2 is 1.06 bits per heavy atom. The Labute approximate surface area is 322 Å². The molecule has 1 rings (SSSR count). The zero-order valence-corrected chi connectivity index (χ0v) is 34.4. The number of aliphatic hydroxyl groups is 1. The predicted octanol–water partition coefficient (Wildman–Crippen LogP) is 13.4. The summed E-state index contributed by atoms with van der Waals surface area (Å²) in [7, 11) is 0. The molecular weight excluding hydrogens is 645 g/mol. The molecule has 52 heavy (non-hydrogen) atoms. The molecule has 0 aromatic carbocycles. The average Bonchev–Trinajstić information content (AvgIpc) is 3.46. The summed E-state index contributed by atoms with van der Waals surface area (Å²) in [5.74, 6) is 0.180. The van der Waals surface area contributed by atoms with Crippen molar-refractivity contribution >= 4 is 5.97 Å². The molecule has 1 saturated carbocycles. The summed E-state index contributed by atoms with van der Waals surface area (Å²) in [4.78, 5) is 12.6. The van der Waals surface area contributed by atoms with E-state index in [0.717, 1.165) is 45.1 Å². The number of ether oxygens (including phenoxy) is 3. The van der Waals surface area contributed by atoms with E-state index in [1.54, 1.807) is 0 Å². The molecule has 4 unspecified atom stereocenters. The maximum Gasteiger partial charge on any atom is 0.306 e. The minimum absolute atomic E-state index is 0.154. The Balaban J connectivity index is 2.16. The van der Waals surface area contributed by atoms with Gasteiger partial charge in [-0.15, -0.1) is 0 Å². The molecule has 0 aliphatic heterocycles. The number of esters is 1. The summed E-state index contributed by atoms with van der Waals surface area (Å²) in [6.07, 6.45) is 49.6. The van der Waals surface area contributed by atoms with Gasteiger partial charge in [0.2, 0.25) is 0 Å². The SMILES string of the molecule is CCCCC/C=C\C/C=C\CCCCCCCCOCC(COC(=O)CC1CCC(O)C1C)OCCCCCCCC/C=C\C/C=C\CCCCC. The van der Waals surface area contributed by atoms with E-state index in [4.69, 9.17) is 14.2 Å². The normalized spacial score (nSPS) is 18.6. The molecule has 5 nitrogen and oxygen atoms in total. The Morgan fingerprint density at radius 1 is 0.596 bits per heavy atom. The van der Waals surface area contributed by atoms with Crippen molar-refractivity contribution in [2.45, 2.75) is 206 Å². The van der Waals surface area contributed by atoms with E-state index in [1.165, 1.54) is 128 Å². The highest BCUT2D eigenvalue weighted by Crippen LogP contribution is 2.34. The molecule has 0 aromatic rings. The van der Waals surface area contributed by atoms with Crippen LogP contribution in [0, 0.1) is 11.8 Å². The van der Waals surface area contributed by atoms with Gasteiger partial charge >= 0.3 is 5.97 Å². The molecule has 1 fully saturated rings. The first kappa shape index (κ1) is 48.3. The zero-order valence-electron chi connectivity index (χ0n) is 34.4. The number of carbonyl (C=O) groups excluding carboxylic acids is 1. The topological polar surface area (TPSA) is 65.0 Å². The second kappa shape index (κ2) is 37.6. The van der Waals surface area contributed by atoms with Crippen molar-refractivity contribution < 1.29 is 24.1 Å². The highest BCUT2D eigenvalue weighted by molar-refractivity contribution is 5.69. The first-order chi connectivity index (χ1) is 25.6. The van der Waals surface area contributed by atoms with Crippen molar-refractivity contribution in [1.82, 2.24) is 0 Å². The zero-order chi connectivity index (χ0) is 37.6. The fourth-order valence-electron chi connectivity index (χ4n) is 6.86. The van der Waals surface area contributed by atoms with Gasteiger partial charge in [0.15, 0.2) is 0 Å². The molecule has 0 saturated heterocycles. The number of rotatable bonds is 37. The van der Waals surface area contributed by atoms with Crippen LogP contribution in [0.15, 0.2) is 48.6 Å². The standard InChI is InChI=1S/C47H84O5/c1-4-6-8-10-12-14-16-18-20-22-24-26-28-30-32-34-38-50-41-45(42-52-47(49)40-44-36-37-46(48)43(44)3)51-39-35-33-31-29-27-25-23-21-19-17-15-13-11-9-7-5-2/h12-15,18-21,43-46,48H,4-11,16-17,22-42H2,1-3H3/b14-12-,15-13-,20-18-,21-19-. The largest absolute Gasteiger partial charge is 0.463 e. The number of hydrogen-bond acceptors (Lipinski definition) is 5. The van der Waals surface area contributed by atoms with Gasteiger partial charge in [-0.25, -0.2) is 0 Å². The third-order valence-corrected chi connectivity index (χ3v) is 10.5. The summed E-state index contributed by atoms with van der Waals surface area (Å²) < 4.78 is 17.9. The van der Waals surface area contributed by atoms with E-state index in [0.29, 0.717) is 19.6 Å². The van der Waals surface area contributed by atoms with Crippen LogP contribution in [0.4, 0.5) is 0 Å². The lowest BCUT2D eigenvalue weighted by molar-refractivity contribution is -0.151. The van der Waals surface area contributed by atoms with Crippen LogP contribution >= 0.6 is 0 Å². The Kier molecular flexibility index (Phi) is 35.0. The van der Waals surface area contributed by atoms with Gasteiger partial charge in [-0.05, 0) is 102 Å².